The molecular formula is C24H23N7O3. The molecule has 1 fully saturated rings. The van der Waals surface area contributed by atoms with Gasteiger partial charge in [0.05, 0.1) is 28.6 Å². The van der Waals surface area contributed by atoms with E-state index in [1.807, 2.05) is 36.4 Å². The van der Waals surface area contributed by atoms with Gasteiger partial charge >= 0.3 is 5.97 Å². The summed E-state index contributed by atoms with van der Waals surface area (Å²) in [5.74, 6) is -0.171. The van der Waals surface area contributed by atoms with Crippen LogP contribution in [0.1, 0.15) is 24.2 Å². The van der Waals surface area contributed by atoms with Crippen LogP contribution in [0, 0.1) is 11.3 Å². The molecule has 2 aliphatic rings. The Hall–Kier alpha value is -4.07. The molecule has 1 amide bonds. The molecule has 0 radical (unpaired) electrons. The van der Waals surface area contributed by atoms with Crippen molar-refractivity contribution in [1.82, 2.24) is 20.6 Å². The molecule has 172 valence electrons. The molecule has 3 aromatic rings. The first kappa shape index (κ1) is 21.8. The largest absolute Gasteiger partial charge is 0.404 e. The van der Waals surface area contributed by atoms with Gasteiger partial charge in [0.1, 0.15) is 18.3 Å². The highest BCUT2D eigenvalue weighted by Gasteiger charge is 2.26. The van der Waals surface area contributed by atoms with Gasteiger partial charge in [-0.2, -0.15) is 5.26 Å². The average molecular weight is 457 g/mol. The SMILES string of the molecule is N#Cc1ccc2cccc(NC(=O)C3CCC(NCc4ccc5c(n4)OC(=O)CN5)CN3)c2n1. The summed E-state index contributed by atoms with van der Waals surface area (Å²) >= 11 is 0. The monoisotopic (exact) mass is 457 g/mol. The third-order valence-electron chi connectivity index (χ3n) is 5.95. The van der Waals surface area contributed by atoms with Crippen molar-refractivity contribution in [2.75, 3.05) is 23.7 Å². The summed E-state index contributed by atoms with van der Waals surface area (Å²) in [5, 5.41) is 22.7. The number of aromatic nitrogens is 2. The fourth-order valence-corrected chi connectivity index (χ4v) is 4.13. The molecule has 2 unspecified atom stereocenters. The van der Waals surface area contributed by atoms with E-state index < -0.39 is 0 Å². The zero-order chi connectivity index (χ0) is 23.5. The molecule has 0 aliphatic carbocycles. The van der Waals surface area contributed by atoms with Crippen LogP contribution in [0.3, 0.4) is 0 Å². The number of nitrogens with zero attached hydrogens (tertiary/aromatic N) is 3. The van der Waals surface area contributed by atoms with E-state index in [1.165, 1.54) is 0 Å². The Morgan fingerprint density at radius 1 is 1.18 bits per heavy atom. The highest BCUT2D eigenvalue weighted by molar-refractivity contribution is 6.02. The van der Waals surface area contributed by atoms with Gasteiger partial charge in [0, 0.05) is 24.5 Å². The van der Waals surface area contributed by atoms with Crippen LogP contribution in [-0.2, 0) is 16.1 Å². The standard InChI is InChI=1S/C24H23N7O3/c25-10-15-5-4-14-2-1-3-18(22(14)29-15)31-23(33)19-8-6-16(11-27-19)26-12-17-7-9-20-24(30-17)34-21(32)13-28-20/h1-5,7,9,16,19,26-28H,6,8,11-13H2,(H,31,33). The topological polar surface area (TPSA) is 141 Å². The van der Waals surface area contributed by atoms with Gasteiger partial charge in [0.2, 0.25) is 11.8 Å². The molecule has 4 heterocycles. The number of para-hydroxylation sites is 1. The van der Waals surface area contributed by atoms with Crippen LogP contribution >= 0.6 is 0 Å². The van der Waals surface area contributed by atoms with E-state index in [9.17, 15) is 9.59 Å². The van der Waals surface area contributed by atoms with E-state index in [2.05, 4.69) is 31.2 Å². The molecule has 10 nitrogen and oxygen atoms in total. The second-order valence-corrected chi connectivity index (χ2v) is 8.27. The van der Waals surface area contributed by atoms with Gasteiger partial charge in [-0.25, -0.2) is 14.8 Å². The smallest absolute Gasteiger partial charge is 0.332 e. The van der Waals surface area contributed by atoms with Crippen molar-refractivity contribution in [3.8, 4) is 11.9 Å². The van der Waals surface area contributed by atoms with Gasteiger partial charge in [0.15, 0.2) is 0 Å². The highest BCUT2D eigenvalue weighted by atomic mass is 16.5. The number of benzene rings is 1. The fraction of sp³-hybridized carbons (Fsp3) is 0.292. The summed E-state index contributed by atoms with van der Waals surface area (Å²) in [6.07, 6.45) is 1.49. The number of pyridine rings is 2. The van der Waals surface area contributed by atoms with Crippen LogP contribution in [0.4, 0.5) is 11.4 Å². The van der Waals surface area contributed by atoms with E-state index in [0.717, 1.165) is 17.5 Å². The number of anilines is 2. The third-order valence-corrected chi connectivity index (χ3v) is 5.95. The Balaban J connectivity index is 1.15. The second-order valence-electron chi connectivity index (χ2n) is 8.27. The van der Waals surface area contributed by atoms with Crippen molar-refractivity contribution < 1.29 is 14.3 Å². The molecule has 2 aromatic heterocycles. The van der Waals surface area contributed by atoms with Crippen LogP contribution in [0.15, 0.2) is 42.5 Å². The lowest BCUT2D eigenvalue weighted by molar-refractivity contribution is -0.133. The van der Waals surface area contributed by atoms with Gasteiger partial charge in [-0.15, -0.1) is 0 Å². The number of carbonyl (C=O) groups is 2. The first-order valence-corrected chi connectivity index (χ1v) is 11.1. The molecular weight excluding hydrogens is 434 g/mol. The number of hydrogen-bond acceptors (Lipinski definition) is 9. The molecule has 0 spiro atoms. The van der Waals surface area contributed by atoms with Gasteiger partial charge in [-0.3, -0.25) is 4.79 Å². The maximum atomic E-state index is 12.9. The lowest BCUT2D eigenvalue weighted by Crippen LogP contribution is -2.52. The third kappa shape index (κ3) is 4.66. The van der Waals surface area contributed by atoms with Crippen molar-refractivity contribution in [3.63, 3.8) is 0 Å². The lowest BCUT2D eigenvalue weighted by atomic mass is 10.00. The summed E-state index contributed by atoms with van der Waals surface area (Å²) in [6, 6.07) is 14.7. The fourth-order valence-electron chi connectivity index (χ4n) is 4.13. The van der Waals surface area contributed by atoms with Gasteiger partial charge in [0.25, 0.3) is 0 Å². The Kier molecular flexibility index (Phi) is 6.03. The number of ether oxygens (including phenoxy) is 1. The van der Waals surface area contributed by atoms with E-state index in [0.29, 0.717) is 48.0 Å². The average Bonchev–Trinajstić information content (AvgIpc) is 2.87. The van der Waals surface area contributed by atoms with Gasteiger partial charge < -0.3 is 26.0 Å². The van der Waals surface area contributed by atoms with Crippen molar-refractivity contribution in [1.29, 1.82) is 5.26 Å². The number of amides is 1. The van der Waals surface area contributed by atoms with E-state index >= 15 is 0 Å². The quantitative estimate of drug-likeness (QED) is 0.421. The number of piperidine rings is 1. The molecule has 10 heteroatoms. The van der Waals surface area contributed by atoms with Crippen LogP contribution < -0.4 is 26.0 Å². The maximum Gasteiger partial charge on any atom is 0.332 e. The van der Waals surface area contributed by atoms with Crippen molar-refractivity contribution in [2.24, 2.45) is 0 Å². The minimum Gasteiger partial charge on any atom is -0.404 e. The van der Waals surface area contributed by atoms with Crippen molar-refractivity contribution in [2.45, 2.75) is 31.5 Å². The molecule has 2 atom stereocenters. The molecule has 4 N–H and O–H groups in total. The molecule has 5 rings (SSSR count). The predicted octanol–water partition coefficient (Wildman–Crippen LogP) is 1.68. The summed E-state index contributed by atoms with van der Waals surface area (Å²) < 4.78 is 5.18. The normalized spacial score (nSPS) is 19.4. The van der Waals surface area contributed by atoms with Gasteiger partial charge in [-0.1, -0.05) is 12.1 Å². The van der Waals surface area contributed by atoms with Gasteiger partial charge in [-0.05, 0) is 43.2 Å². The van der Waals surface area contributed by atoms with Crippen LogP contribution in [-0.4, -0.2) is 47.0 Å². The molecule has 34 heavy (non-hydrogen) atoms. The number of rotatable bonds is 5. The Bertz CT molecular complexity index is 1300. The second kappa shape index (κ2) is 9.43. The Morgan fingerprint density at radius 3 is 2.91 bits per heavy atom. The lowest BCUT2D eigenvalue weighted by Gasteiger charge is -2.30. The Labute approximate surface area is 195 Å². The first-order valence-electron chi connectivity index (χ1n) is 11.1. The van der Waals surface area contributed by atoms with E-state index in [1.54, 1.807) is 12.1 Å². The molecule has 0 bridgehead atoms. The number of carbonyl (C=O) groups excluding carboxylic acids is 2. The van der Waals surface area contributed by atoms with Crippen molar-refractivity contribution >= 4 is 34.2 Å². The summed E-state index contributed by atoms with van der Waals surface area (Å²) in [6.45, 7) is 1.30. The zero-order valence-corrected chi connectivity index (χ0v) is 18.3. The van der Waals surface area contributed by atoms with Crippen LogP contribution in [0.2, 0.25) is 0 Å². The van der Waals surface area contributed by atoms with E-state index in [-0.39, 0.29) is 30.5 Å². The zero-order valence-electron chi connectivity index (χ0n) is 18.3. The molecule has 2 aliphatic heterocycles. The molecule has 1 saturated heterocycles. The van der Waals surface area contributed by atoms with E-state index in [4.69, 9.17) is 10.00 Å². The van der Waals surface area contributed by atoms with Crippen LogP contribution in [0.25, 0.3) is 10.9 Å². The van der Waals surface area contributed by atoms with Crippen molar-refractivity contribution in [3.05, 3.63) is 53.9 Å². The minimum absolute atomic E-state index is 0.124. The summed E-state index contributed by atoms with van der Waals surface area (Å²) in [5.41, 5.74) is 2.98. The first-order chi connectivity index (χ1) is 16.6. The van der Waals surface area contributed by atoms with Crippen LogP contribution in [0.5, 0.6) is 5.88 Å². The minimum atomic E-state index is -0.351. The number of fused-ring (bicyclic) bond motifs is 2. The molecule has 0 saturated carbocycles. The highest BCUT2D eigenvalue weighted by Crippen LogP contribution is 2.25. The summed E-state index contributed by atoms with van der Waals surface area (Å²) in [7, 11) is 0. The molecule has 1 aromatic carbocycles. The summed E-state index contributed by atoms with van der Waals surface area (Å²) in [4.78, 5) is 33.1. The number of nitriles is 1. The Morgan fingerprint density at radius 2 is 2.09 bits per heavy atom. The number of nitrogens with one attached hydrogen (secondary N) is 4. The number of esters is 1. The maximum absolute atomic E-state index is 12.9. The predicted molar refractivity (Wildman–Crippen MR) is 125 cm³/mol. The number of hydrogen-bond donors (Lipinski definition) is 4.